The van der Waals surface area contributed by atoms with Crippen molar-refractivity contribution in [3.05, 3.63) is 42.9 Å². The Labute approximate surface area is 124 Å². The van der Waals surface area contributed by atoms with Gasteiger partial charge in [-0.05, 0) is 39.0 Å². The highest BCUT2D eigenvalue weighted by Gasteiger charge is 2.23. The van der Waals surface area contributed by atoms with Gasteiger partial charge in [0.15, 0.2) is 0 Å². The van der Waals surface area contributed by atoms with Gasteiger partial charge in [0.1, 0.15) is 11.6 Å². The fourth-order valence-corrected chi connectivity index (χ4v) is 1.50. The quantitative estimate of drug-likeness (QED) is 0.817. The van der Waals surface area contributed by atoms with Crippen LogP contribution in [0.5, 0.6) is 0 Å². The third-order valence-electron chi connectivity index (χ3n) is 2.35. The van der Waals surface area contributed by atoms with Crippen molar-refractivity contribution >= 4 is 12.0 Å². The Morgan fingerprint density at radius 2 is 2.00 bits per heavy atom. The molecule has 0 aromatic carbocycles. The molecule has 0 radical (unpaired) electrons. The molecule has 0 spiro atoms. The largest absolute Gasteiger partial charge is 0.444 e. The van der Waals surface area contributed by atoms with E-state index in [0.29, 0.717) is 0 Å². The first-order chi connectivity index (χ1) is 9.81. The first-order valence-electron chi connectivity index (χ1n) is 6.59. The molecule has 114 valence electrons. The van der Waals surface area contributed by atoms with E-state index in [9.17, 15) is 9.59 Å². The summed E-state index contributed by atoms with van der Waals surface area (Å²) in [6.07, 6.45) is 4.58. The van der Waals surface area contributed by atoms with Crippen LogP contribution in [0.15, 0.2) is 42.9 Å². The van der Waals surface area contributed by atoms with Crippen molar-refractivity contribution in [1.82, 2.24) is 9.99 Å². The van der Waals surface area contributed by atoms with E-state index in [1.807, 2.05) is 0 Å². The third kappa shape index (κ3) is 6.49. The predicted molar refractivity (Wildman–Crippen MR) is 80.3 cm³/mol. The maximum absolute atomic E-state index is 12.1. The molecule has 6 nitrogen and oxygen atoms in total. The van der Waals surface area contributed by atoms with Gasteiger partial charge in [0.05, 0.1) is 0 Å². The summed E-state index contributed by atoms with van der Waals surface area (Å²) >= 11 is 0. The molecule has 1 unspecified atom stereocenters. The van der Waals surface area contributed by atoms with Crippen molar-refractivity contribution in [3.63, 3.8) is 0 Å². The van der Waals surface area contributed by atoms with Crippen LogP contribution >= 0.6 is 0 Å². The molecule has 1 aromatic rings. The molecule has 0 fully saturated rings. The Bertz CT molecular complexity index is 523. The monoisotopic (exact) mass is 291 g/mol. The average molecular weight is 291 g/mol. The highest BCUT2D eigenvalue weighted by molar-refractivity contribution is 5.91. The molecule has 2 amide bonds. The fourth-order valence-electron chi connectivity index (χ4n) is 1.50. The van der Waals surface area contributed by atoms with Crippen LogP contribution in [0.2, 0.25) is 0 Å². The lowest BCUT2D eigenvalue weighted by Crippen LogP contribution is -2.47. The van der Waals surface area contributed by atoms with Crippen LogP contribution in [-0.2, 0) is 9.53 Å². The minimum atomic E-state index is -0.767. The molecule has 0 bridgehead atoms. The van der Waals surface area contributed by atoms with Gasteiger partial charge in [-0.1, -0.05) is 6.58 Å². The predicted octanol–water partition coefficient (Wildman–Crippen LogP) is 2.18. The van der Waals surface area contributed by atoms with Crippen molar-refractivity contribution in [2.75, 3.05) is 5.43 Å². The maximum atomic E-state index is 12.1. The van der Waals surface area contributed by atoms with Gasteiger partial charge in [-0.25, -0.2) is 4.79 Å². The van der Waals surface area contributed by atoms with Gasteiger partial charge in [-0.2, -0.15) is 0 Å². The number of alkyl carbamates (subject to hydrolysis) is 1. The van der Waals surface area contributed by atoms with E-state index >= 15 is 0 Å². The summed E-state index contributed by atoms with van der Waals surface area (Å²) in [4.78, 5) is 23.9. The summed E-state index contributed by atoms with van der Waals surface area (Å²) in [6.45, 7) is 8.71. The van der Waals surface area contributed by atoms with Crippen LogP contribution in [0.4, 0.5) is 4.79 Å². The molecule has 21 heavy (non-hydrogen) atoms. The van der Waals surface area contributed by atoms with E-state index < -0.39 is 17.7 Å². The van der Waals surface area contributed by atoms with E-state index in [4.69, 9.17) is 4.74 Å². The molecule has 1 atom stereocenters. The van der Waals surface area contributed by atoms with Gasteiger partial charge in [-0.3, -0.25) is 14.9 Å². The van der Waals surface area contributed by atoms with Crippen LogP contribution in [0.25, 0.3) is 0 Å². The fraction of sp³-hybridized carbons (Fsp3) is 0.400. The van der Waals surface area contributed by atoms with Crippen molar-refractivity contribution < 1.29 is 14.3 Å². The number of nitrogens with one attached hydrogen (secondary N) is 2. The molecule has 2 N–H and O–H groups in total. The van der Waals surface area contributed by atoms with Gasteiger partial charge >= 0.3 is 6.09 Å². The Balaban J connectivity index is 2.68. The summed E-state index contributed by atoms with van der Waals surface area (Å²) < 4.78 is 6.65. The summed E-state index contributed by atoms with van der Waals surface area (Å²) in [5, 5.41) is 2.54. The molecule has 0 saturated carbocycles. The highest BCUT2D eigenvalue weighted by Crippen LogP contribution is 2.07. The molecule has 1 rings (SSSR count). The van der Waals surface area contributed by atoms with Crippen molar-refractivity contribution in [2.45, 2.75) is 38.8 Å². The first kappa shape index (κ1) is 16.6. The molecular weight excluding hydrogens is 270 g/mol. The Morgan fingerprint density at radius 1 is 1.38 bits per heavy atom. The summed E-state index contributed by atoms with van der Waals surface area (Å²) in [5.41, 5.74) is 4.59. The van der Waals surface area contributed by atoms with Gasteiger partial charge in [0.25, 0.3) is 5.91 Å². The topological polar surface area (TPSA) is 72.4 Å². The minimum absolute atomic E-state index is 0.274. The molecule has 6 heteroatoms. The SMILES string of the molecule is C=C=CCC(NC(=O)OC(C)(C)C)C(=O)Nn1cccc1. The van der Waals surface area contributed by atoms with Crippen LogP contribution in [-0.4, -0.2) is 28.3 Å². The zero-order chi connectivity index (χ0) is 15.9. The Kier molecular flexibility index (Phi) is 5.81. The van der Waals surface area contributed by atoms with Crippen molar-refractivity contribution in [3.8, 4) is 0 Å². The van der Waals surface area contributed by atoms with Crippen LogP contribution in [0, 0.1) is 0 Å². The smallest absolute Gasteiger partial charge is 0.408 e. The van der Waals surface area contributed by atoms with Crippen LogP contribution in [0.3, 0.4) is 0 Å². The lowest BCUT2D eigenvalue weighted by molar-refractivity contribution is -0.119. The number of hydrogen-bond donors (Lipinski definition) is 2. The van der Waals surface area contributed by atoms with Crippen molar-refractivity contribution in [1.29, 1.82) is 0 Å². The highest BCUT2D eigenvalue weighted by atomic mass is 16.6. The van der Waals surface area contributed by atoms with Gasteiger partial charge < -0.3 is 10.1 Å². The molecule has 0 aliphatic heterocycles. The minimum Gasteiger partial charge on any atom is -0.444 e. The number of nitrogens with zero attached hydrogens (tertiary/aromatic N) is 1. The maximum Gasteiger partial charge on any atom is 0.408 e. The number of aromatic nitrogens is 1. The summed E-state index contributed by atoms with van der Waals surface area (Å²) in [7, 11) is 0. The van der Waals surface area contributed by atoms with Crippen molar-refractivity contribution in [2.24, 2.45) is 0 Å². The second-order valence-corrected chi connectivity index (χ2v) is 5.41. The number of ether oxygens (including phenoxy) is 1. The average Bonchev–Trinajstić information content (AvgIpc) is 2.84. The molecule has 0 aliphatic rings. The van der Waals surface area contributed by atoms with Gasteiger partial charge in [-0.15, -0.1) is 5.73 Å². The Hall–Kier alpha value is -2.46. The summed E-state index contributed by atoms with van der Waals surface area (Å²) in [5.74, 6) is -0.358. The summed E-state index contributed by atoms with van der Waals surface area (Å²) in [6, 6.07) is 2.79. The third-order valence-corrected chi connectivity index (χ3v) is 2.35. The molecule has 0 saturated heterocycles. The number of carbonyl (C=O) groups excluding carboxylic acids is 2. The zero-order valence-electron chi connectivity index (χ0n) is 12.6. The molecule has 1 aromatic heterocycles. The van der Waals surface area contributed by atoms with E-state index in [2.05, 4.69) is 23.1 Å². The van der Waals surface area contributed by atoms with Crippen LogP contribution < -0.4 is 10.7 Å². The Morgan fingerprint density at radius 3 is 2.52 bits per heavy atom. The normalized spacial score (nSPS) is 12.0. The van der Waals surface area contributed by atoms with Gasteiger partial charge in [0.2, 0.25) is 0 Å². The number of hydrogen-bond acceptors (Lipinski definition) is 3. The lowest BCUT2D eigenvalue weighted by Gasteiger charge is -2.22. The number of carbonyl (C=O) groups is 2. The second kappa shape index (κ2) is 7.36. The zero-order valence-corrected chi connectivity index (χ0v) is 12.6. The van der Waals surface area contributed by atoms with Crippen LogP contribution in [0.1, 0.15) is 27.2 Å². The van der Waals surface area contributed by atoms with E-state index in [1.165, 1.54) is 4.68 Å². The standard InChI is InChI=1S/C15H21N3O3/c1-5-6-9-12(16-14(20)21-15(2,3)4)13(19)17-18-10-7-8-11-18/h6-8,10-12H,1,9H2,2-4H3,(H,16,20)(H,17,19). The lowest BCUT2D eigenvalue weighted by atomic mass is 10.2. The van der Waals surface area contributed by atoms with E-state index in [1.54, 1.807) is 51.4 Å². The number of rotatable bonds is 5. The molecule has 1 heterocycles. The molecular formula is C15H21N3O3. The first-order valence-corrected chi connectivity index (χ1v) is 6.59. The van der Waals surface area contributed by atoms with E-state index in [-0.39, 0.29) is 12.3 Å². The number of amides is 2. The van der Waals surface area contributed by atoms with Gasteiger partial charge in [0, 0.05) is 18.8 Å². The van der Waals surface area contributed by atoms with E-state index in [0.717, 1.165) is 0 Å². The second-order valence-electron chi connectivity index (χ2n) is 5.41. The molecule has 0 aliphatic carbocycles.